The molecule has 146 valence electrons. The minimum Gasteiger partial charge on any atom is -0.342 e. The SMILES string of the molecule is Cc1cc2nc(-c3cccnc3SCC(=O)N3CCC(C)CC3)[nH]c2cc1C. The highest BCUT2D eigenvalue weighted by atomic mass is 32.2. The summed E-state index contributed by atoms with van der Waals surface area (Å²) in [5.41, 5.74) is 5.39. The summed E-state index contributed by atoms with van der Waals surface area (Å²) in [5, 5.41) is 0.841. The number of H-pyrrole nitrogens is 1. The summed E-state index contributed by atoms with van der Waals surface area (Å²) in [7, 11) is 0. The molecule has 5 nitrogen and oxygen atoms in total. The van der Waals surface area contributed by atoms with E-state index in [1.54, 1.807) is 6.20 Å². The Bertz CT molecular complexity index is 966. The number of fused-ring (bicyclic) bond motifs is 1. The van der Waals surface area contributed by atoms with E-state index >= 15 is 0 Å². The maximum atomic E-state index is 12.6. The van der Waals surface area contributed by atoms with Crippen molar-refractivity contribution in [2.75, 3.05) is 18.8 Å². The van der Waals surface area contributed by atoms with E-state index in [4.69, 9.17) is 4.98 Å². The van der Waals surface area contributed by atoms with Gasteiger partial charge in [-0.2, -0.15) is 0 Å². The van der Waals surface area contributed by atoms with Gasteiger partial charge in [-0.1, -0.05) is 18.7 Å². The molecule has 0 bridgehead atoms. The highest BCUT2D eigenvalue weighted by molar-refractivity contribution is 8.00. The Morgan fingerprint density at radius 2 is 2.00 bits per heavy atom. The molecule has 0 atom stereocenters. The topological polar surface area (TPSA) is 61.9 Å². The molecule has 3 heterocycles. The van der Waals surface area contributed by atoms with Crippen molar-refractivity contribution in [3.8, 4) is 11.4 Å². The van der Waals surface area contributed by atoms with Crippen LogP contribution in [0, 0.1) is 19.8 Å². The molecule has 1 saturated heterocycles. The number of benzene rings is 1. The molecule has 1 aliphatic heterocycles. The van der Waals surface area contributed by atoms with Gasteiger partial charge >= 0.3 is 0 Å². The summed E-state index contributed by atoms with van der Waals surface area (Å²) in [6, 6.07) is 8.16. The van der Waals surface area contributed by atoms with Crippen LogP contribution < -0.4 is 0 Å². The van der Waals surface area contributed by atoms with Gasteiger partial charge in [0, 0.05) is 24.8 Å². The number of hydrogen-bond donors (Lipinski definition) is 1. The summed E-state index contributed by atoms with van der Waals surface area (Å²) >= 11 is 1.50. The molecular formula is C22H26N4OS. The maximum Gasteiger partial charge on any atom is 0.232 e. The Kier molecular flexibility index (Phi) is 5.40. The number of carbonyl (C=O) groups excluding carboxylic acids is 1. The predicted octanol–water partition coefficient (Wildman–Crippen LogP) is 4.59. The molecule has 3 aromatic rings. The lowest BCUT2D eigenvalue weighted by Crippen LogP contribution is -2.38. The summed E-state index contributed by atoms with van der Waals surface area (Å²) in [5.74, 6) is 2.13. The average Bonchev–Trinajstić information content (AvgIpc) is 3.09. The maximum absolute atomic E-state index is 12.6. The van der Waals surface area contributed by atoms with Gasteiger partial charge in [0.1, 0.15) is 10.9 Å². The smallest absolute Gasteiger partial charge is 0.232 e. The average molecular weight is 395 g/mol. The lowest BCUT2D eigenvalue weighted by atomic mass is 9.99. The number of amides is 1. The van der Waals surface area contributed by atoms with E-state index in [0.717, 1.165) is 59.3 Å². The summed E-state index contributed by atoms with van der Waals surface area (Å²) < 4.78 is 0. The third kappa shape index (κ3) is 3.92. The van der Waals surface area contributed by atoms with E-state index in [2.05, 4.69) is 42.9 Å². The lowest BCUT2D eigenvalue weighted by Gasteiger charge is -2.30. The molecule has 4 rings (SSSR count). The van der Waals surface area contributed by atoms with E-state index in [0.29, 0.717) is 5.75 Å². The third-order valence-corrected chi connectivity index (χ3v) is 6.58. The van der Waals surface area contributed by atoms with Crippen molar-refractivity contribution in [3.05, 3.63) is 41.6 Å². The number of pyridine rings is 1. The monoisotopic (exact) mass is 394 g/mol. The number of imidazole rings is 1. The van der Waals surface area contributed by atoms with Gasteiger partial charge in [-0.05, 0) is 68.0 Å². The predicted molar refractivity (Wildman–Crippen MR) is 115 cm³/mol. The second kappa shape index (κ2) is 7.95. The van der Waals surface area contributed by atoms with Crippen LogP contribution in [0.3, 0.4) is 0 Å². The van der Waals surface area contributed by atoms with Crippen LogP contribution in [0.5, 0.6) is 0 Å². The van der Waals surface area contributed by atoms with Gasteiger partial charge in [-0.15, -0.1) is 0 Å². The van der Waals surface area contributed by atoms with Gasteiger partial charge in [0.2, 0.25) is 5.91 Å². The number of hydrogen-bond acceptors (Lipinski definition) is 4. The molecule has 28 heavy (non-hydrogen) atoms. The molecule has 0 radical (unpaired) electrons. The van der Waals surface area contributed by atoms with E-state index in [1.165, 1.54) is 22.9 Å². The molecule has 2 aromatic heterocycles. The Hall–Kier alpha value is -2.34. The van der Waals surface area contributed by atoms with Crippen LogP contribution in [0.25, 0.3) is 22.4 Å². The number of carbonyl (C=O) groups is 1. The zero-order valence-corrected chi connectivity index (χ0v) is 17.5. The molecule has 6 heteroatoms. The Morgan fingerprint density at radius 3 is 2.79 bits per heavy atom. The van der Waals surface area contributed by atoms with Crippen LogP contribution in [-0.4, -0.2) is 44.6 Å². The fraction of sp³-hybridized carbons (Fsp3) is 0.409. The first kappa shape index (κ1) is 19.0. The van der Waals surface area contributed by atoms with Crippen LogP contribution in [-0.2, 0) is 4.79 Å². The molecule has 0 unspecified atom stereocenters. The van der Waals surface area contributed by atoms with E-state index in [1.807, 2.05) is 17.0 Å². The number of rotatable bonds is 4. The Morgan fingerprint density at radius 1 is 1.25 bits per heavy atom. The summed E-state index contributed by atoms with van der Waals surface area (Å²) in [4.78, 5) is 27.3. The molecule has 1 aromatic carbocycles. The molecule has 0 spiro atoms. The first-order chi connectivity index (χ1) is 13.5. The quantitative estimate of drug-likeness (QED) is 0.657. The van der Waals surface area contributed by atoms with Gasteiger partial charge in [0.15, 0.2) is 0 Å². The fourth-order valence-electron chi connectivity index (χ4n) is 3.56. The van der Waals surface area contributed by atoms with Gasteiger partial charge in [0.25, 0.3) is 0 Å². The van der Waals surface area contributed by atoms with Crippen LogP contribution in [0.4, 0.5) is 0 Å². The van der Waals surface area contributed by atoms with E-state index in [9.17, 15) is 4.79 Å². The highest BCUT2D eigenvalue weighted by Gasteiger charge is 2.21. The number of nitrogens with zero attached hydrogens (tertiary/aromatic N) is 3. The second-order valence-corrected chi connectivity index (χ2v) is 8.71. The highest BCUT2D eigenvalue weighted by Crippen LogP contribution is 2.30. The molecular weight excluding hydrogens is 368 g/mol. The van der Waals surface area contributed by atoms with Crippen LogP contribution in [0.15, 0.2) is 35.5 Å². The number of likely N-dealkylation sites (tertiary alicyclic amines) is 1. The van der Waals surface area contributed by atoms with Crippen molar-refractivity contribution in [3.63, 3.8) is 0 Å². The second-order valence-electron chi connectivity index (χ2n) is 7.75. The summed E-state index contributed by atoms with van der Waals surface area (Å²) in [6.07, 6.45) is 3.97. The number of aromatic amines is 1. The van der Waals surface area contributed by atoms with Gasteiger partial charge in [-0.25, -0.2) is 9.97 Å². The summed E-state index contributed by atoms with van der Waals surface area (Å²) in [6.45, 7) is 8.21. The molecule has 1 N–H and O–H groups in total. The fourth-order valence-corrected chi connectivity index (χ4v) is 4.46. The molecule has 1 aliphatic rings. The Balaban J connectivity index is 1.53. The Labute approximate surface area is 170 Å². The van der Waals surface area contributed by atoms with Crippen molar-refractivity contribution >= 4 is 28.7 Å². The van der Waals surface area contributed by atoms with E-state index < -0.39 is 0 Å². The number of piperidine rings is 1. The normalized spacial score (nSPS) is 15.3. The van der Waals surface area contributed by atoms with Gasteiger partial charge < -0.3 is 9.88 Å². The van der Waals surface area contributed by atoms with Crippen molar-refractivity contribution in [2.45, 2.75) is 38.6 Å². The number of thioether (sulfide) groups is 1. The van der Waals surface area contributed by atoms with Crippen LogP contribution >= 0.6 is 11.8 Å². The molecule has 0 saturated carbocycles. The first-order valence-electron chi connectivity index (χ1n) is 9.84. The zero-order valence-electron chi connectivity index (χ0n) is 16.7. The number of aryl methyl sites for hydroxylation is 2. The van der Waals surface area contributed by atoms with Crippen LogP contribution in [0.1, 0.15) is 30.9 Å². The van der Waals surface area contributed by atoms with Gasteiger partial charge in [-0.3, -0.25) is 4.79 Å². The number of aromatic nitrogens is 3. The molecule has 1 fully saturated rings. The minimum absolute atomic E-state index is 0.198. The first-order valence-corrected chi connectivity index (χ1v) is 10.8. The van der Waals surface area contributed by atoms with Crippen molar-refractivity contribution in [2.24, 2.45) is 5.92 Å². The van der Waals surface area contributed by atoms with Crippen molar-refractivity contribution in [1.82, 2.24) is 19.9 Å². The largest absolute Gasteiger partial charge is 0.342 e. The lowest BCUT2D eigenvalue weighted by molar-refractivity contribution is -0.129. The number of nitrogens with one attached hydrogen (secondary N) is 1. The van der Waals surface area contributed by atoms with Crippen molar-refractivity contribution in [1.29, 1.82) is 0 Å². The molecule has 1 amide bonds. The molecule has 0 aliphatic carbocycles. The van der Waals surface area contributed by atoms with Crippen LogP contribution in [0.2, 0.25) is 0 Å². The zero-order chi connectivity index (χ0) is 19.7. The minimum atomic E-state index is 0.198. The standard InChI is InChI=1S/C22H26N4OS/c1-14-6-9-26(10-7-14)20(27)13-28-22-17(5-4-8-23-22)21-24-18-11-15(2)16(3)12-19(18)25-21/h4-5,8,11-12,14H,6-7,9-10,13H2,1-3H3,(H,24,25). The van der Waals surface area contributed by atoms with Gasteiger partial charge in [0.05, 0.1) is 16.8 Å². The third-order valence-electron chi connectivity index (χ3n) is 5.59. The van der Waals surface area contributed by atoms with Crippen molar-refractivity contribution < 1.29 is 4.79 Å². The van der Waals surface area contributed by atoms with E-state index in [-0.39, 0.29) is 5.91 Å².